The number of rotatable bonds is 4. The summed E-state index contributed by atoms with van der Waals surface area (Å²) in [7, 11) is 0. The molecule has 3 nitrogen and oxygen atoms in total. The fraction of sp³-hybridized carbons (Fsp3) is 0.364. The van der Waals surface area contributed by atoms with E-state index in [1.807, 2.05) is 0 Å². The van der Waals surface area contributed by atoms with Gasteiger partial charge in [0.25, 0.3) is 0 Å². The molecule has 0 spiro atoms. The summed E-state index contributed by atoms with van der Waals surface area (Å²) in [4.78, 5) is 11.3. The fourth-order valence-electron chi connectivity index (χ4n) is 1.11. The van der Waals surface area contributed by atoms with E-state index >= 15 is 0 Å². The van der Waals surface area contributed by atoms with Crippen LogP contribution in [-0.4, -0.2) is 18.7 Å². The Morgan fingerprint density at radius 3 is 2.38 bits per heavy atom. The van der Waals surface area contributed by atoms with Crippen LogP contribution in [0.3, 0.4) is 0 Å². The third kappa shape index (κ3) is 3.91. The normalized spacial score (nSPS) is 12.0. The molecule has 0 radical (unpaired) electrons. The highest BCUT2D eigenvalue weighted by Gasteiger charge is 2.15. The van der Waals surface area contributed by atoms with E-state index in [0.717, 1.165) is 0 Å². The highest BCUT2D eigenvalue weighted by Crippen LogP contribution is 2.24. The maximum Gasteiger partial charge on any atom is 0.347 e. The zero-order valence-corrected chi connectivity index (χ0v) is 10.5. The van der Waals surface area contributed by atoms with E-state index in [9.17, 15) is 4.79 Å². The topological polar surface area (TPSA) is 35.5 Å². The van der Waals surface area contributed by atoms with Crippen molar-refractivity contribution in [3.8, 4) is 5.75 Å². The number of benzene rings is 1. The van der Waals surface area contributed by atoms with Crippen LogP contribution in [0.25, 0.3) is 0 Å². The molecule has 0 N–H and O–H groups in total. The molecule has 0 fully saturated rings. The Balaban J connectivity index is 2.69. The summed E-state index contributed by atoms with van der Waals surface area (Å²) in [5.74, 6) is 0.0247. The van der Waals surface area contributed by atoms with Crippen molar-refractivity contribution in [1.29, 1.82) is 0 Å². The summed E-state index contributed by atoms with van der Waals surface area (Å²) in [6, 6.07) is 4.76. The van der Waals surface area contributed by atoms with Crippen LogP contribution in [0.4, 0.5) is 0 Å². The van der Waals surface area contributed by atoms with Gasteiger partial charge in [0.05, 0.1) is 6.61 Å². The van der Waals surface area contributed by atoms with Crippen molar-refractivity contribution in [2.45, 2.75) is 20.0 Å². The van der Waals surface area contributed by atoms with Gasteiger partial charge in [-0.25, -0.2) is 4.79 Å². The fourth-order valence-corrected chi connectivity index (χ4v) is 1.61. The minimum absolute atomic E-state index is 0.322. The Hall–Kier alpha value is -0.930. The van der Waals surface area contributed by atoms with Crippen molar-refractivity contribution in [3.63, 3.8) is 0 Å². The van der Waals surface area contributed by atoms with Crippen LogP contribution < -0.4 is 4.74 Å². The van der Waals surface area contributed by atoms with E-state index in [0.29, 0.717) is 22.4 Å². The molecule has 0 aromatic heterocycles. The number of hydrogen-bond donors (Lipinski definition) is 0. The van der Waals surface area contributed by atoms with Gasteiger partial charge < -0.3 is 9.47 Å². The number of ether oxygens (including phenoxy) is 2. The molecule has 0 amide bonds. The summed E-state index contributed by atoms with van der Waals surface area (Å²) in [5, 5.41) is 0.914. The number of halogens is 2. The predicted octanol–water partition coefficient (Wildman–Crippen LogP) is 3.32. The largest absolute Gasteiger partial charge is 0.479 e. The monoisotopic (exact) mass is 262 g/mol. The SMILES string of the molecule is CCOC(=O)[C@@H](C)Oc1cc(Cl)cc(Cl)c1. The minimum atomic E-state index is -0.686. The van der Waals surface area contributed by atoms with Gasteiger partial charge in [-0.2, -0.15) is 0 Å². The van der Waals surface area contributed by atoms with E-state index < -0.39 is 12.1 Å². The van der Waals surface area contributed by atoms with Crippen molar-refractivity contribution >= 4 is 29.2 Å². The van der Waals surface area contributed by atoms with Gasteiger partial charge in [0.15, 0.2) is 6.10 Å². The van der Waals surface area contributed by atoms with E-state index in [-0.39, 0.29) is 0 Å². The molecule has 1 rings (SSSR count). The van der Waals surface area contributed by atoms with Gasteiger partial charge in [-0.15, -0.1) is 0 Å². The lowest BCUT2D eigenvalue weighted by Gasteiger charge is -2.13. The third-order valence-electron chi connectivity index (χ3n) is 1.77. The van der Waals surface area contributed by atoms with Crippen LogP contribution in [0.1, 0.15) is 13.8 Å². The maximum atomic E-state index is 11.3. The van der Waals surface area contributed by atoms with Crippen molar-refractivity contribution in [1.82, 2.24) is 0 Å². The minimum Gasteiger partial charge on any atom is -0.479 e. The molecule has 0 aliphatic heterocycles. The Kier molecular flexibility index (Phi) is 4.90. The highest BCUT2D eigenvalue weighted by molar-refractivity contribution is 6.34. The first-order valence-electron chi connectivity index (χ1n) is 4.82. The molecular weight excluding hydrogens is 251 g/mol. The first-order chi connectivity index (χ1) is 7.52. The molecule has 5 heteroatoms. The van der Waals surface area contributed by atoms with Crippen molar-refractivity contribution in [3.05, 3.63) is 28.2 Å². The quantitative estimate of drug-likeness (QED) is 0.781. The Labute approximate surface area is 104 Å². The van der Waals surface area contributed by atoms with E-state index in [2.05, 4.69) is 0 Å². The van der Waals surface area contributed by atoms with Crippen molar-refractivity contribution in [2.24, 2.45) is 0 Å². The average Bonchev–Trinajstić information content (AvgIpc) is 2.16. The van der Waals surface area contributed by atoms with Gasteiger partial charge in [0, 0.05) is 10.0 Å². The zero-order valence-electron chi connectivity index (χ0n) is 9.00. The number of esters is 1. The molecule has 0 heterocycles. The van der Waals surface area contributed by atoms with E-state index in [4.69, 9.17) is 32.7 Å². The molecule has 0 aliphatic carbocycles. The summed E-state index contributed by atoms with van der Waals surface area (Å²) in [6.45, 7) is 3.66. The molecule has 0 aliphatic rings. The van der Waals surface area contributed by atoms with Crippen LogP contribution in [0.15, 0.2) is 18.2 Å². The smallest absolute Gasteiger partial charge is 0.347 e. The molecule has 1 atom stereocenters. The van der Waals surface area contributed by atoms with Gasteiger partial charge in [0.2, 0.25) is 0 Å². The molecule has 0 saturated carbocycles. The van der Waals surface area contributed by atoms with E-state index in [1.165, 1.54) is 0 Å². The second kappa shape index (κ2) is 5.97. The van der Waals surface area contributed by atoms with Gasteiger partial charge in [-0.3, -0.25) is 0 Å². The summed E-state index contributed by atoms with van der Waals surface area (Å²) in [5.41, 5.74) is 0. The number of carbonyl (C=O) groups excluding carboxylic acids is 1. The Morgan fingerprint density at radius 2 is 1.88 bits per heavy atom. The predicted molar refractivity (Wildman–Crippen MR) is 63.2 cm³/mol. The molecular formula is C11H12Cl2O3. The lowest BCUT2D eigenvalue weighted by molar-refractivity contribution is -0.150. The molecule has 1 aromatic carbocycles. The van der Waals surface area contributed by atoms with Crippen LogP contribution in [-0.2, 0) is 9.53 Å². The standard InChI is InChI=1S/C11H12Cl2O3/c1-3-15-11(14)7(2)16-10-5-8(12)4-9(13)6-10/h4-7H,3H2,1-2H3/t7-/m1/s1. The zero-order chi connectivity index (χ0) is 12.1. The van der Waals surface area contributed by atoms with Crippen LogP contribution in [0, 0.1) is 0 Å². The van der Waals surface area contributed by atoms with Crippen LogP contribution in [0.5, 0.6) is 5.75 Å². The van der Waals surface area contributed by atoms with Crippen LogP contribution >= 0.6 is 23.2 Å². The Morgan fingerprint density at radius 1 is 1.31 bits per heavy atom. The molecule has 0 saturated heterocycles. The van der Waals surface area contributed by atoms with E-state index in [1.54, 1.807) is 32.0 Å². The highest BCUT2D eigenvalue weighted by atomic mass is 35.5. The van der Waals surface area contributed by atoms with Crippen molar-refractivity contribution in [2.75, 3.05) is 6.61 Å². The lowest BCUT2D eigenvalue weighted by atomic mass is 10.3. The average molecular weight is 263 g/mol. The van der Waals surface area contributed by atoms with Gasteiger partial charge in [0.1, 0.15) is 5.75 Å². The molecule has 0 bridgehead atoms. The van der Waals surface area contributed by atoms with Crippen LogP contribution in [0.2, 0.25) is 10.0 Å². The first kappa shape index (κ1) is 13.1. The third-order valence-corrected chi connectivity index (χ3v) is 2.20. The van der Waals surface area contributed by atoms with Gasteiger partial charge in [-0.05, 0) is 32.0 Å². The molecule has 0 unspecified atom stereocenters. The molecule has 1 aromatic rings. The summed E-state index contributed by atoms with van der Waals surface area (Å²) < 4.78 is 10.2. The first-order valence-corrected chi connectivity index (χ1v) is 5.58. The molecule has 16 heavy (non-hydrogen) atoms. The second-order valence-corrected chi connectivity index (χ2v) is 3.99. The second-order valence-electron chi connectivity index (χ2n) is 3.12. The lowest BCUT2D eigenvalue weighted by Crippen LogP contribution is -2.26. The van der Waals surface area contributed by atoms with Gasteiger partial charge >= 0.3 is 5.97 Å². The number of carbonyl (C=O) groups is 1. The number of hydrogen-bond acceptors (Lipinski definition) is 3. The molecule has 88 valence electrons. The summed E-state index contributed by atoms with van der Waals surface area (Å²) >= 11 is 11.6. The summed E-state index contributed by atoms with van der Waals surface area (Å²) in [6.07, 6.45) is -0.686. The maximum absolute atomic E-state index is 11.3. The van der Waals surface area contributed by atoms with Gasteiger partial charge in [-0.1, -0.05) is 23.2 Å². The Bertz CT molecular complexity index is 359. The van der Waals surface area contributed by atoms with Crippen molar-refractivity contribution < 1.29 is 14.3 Å².